The zero-order valence-corrected chi connectivity index (χ0v) is 10.7. The van der Waals surface area contributed by atoms with E-state index in [-0.39, 0.29) is 5.75 Å². The predicted octanol–water partition coefficient (Wildman–Crippen LogP) is 3.17. The standard InChI is InChI=1S/C15H14O2S/c16-18(17,15-11-5-2-6-12-15)13-7-10-14-8-3-1-4-9-14/h1-12H,13H2/b10-7+. The number of sulfone groups is 1. The molecule has 0 amide bonds. The summed E-state index contributed by atoms with van der Waals surface area (Å²) in [5.74, 6) is 0.0197. The van der Waals surface area contributed by atoms with E-state index >= 15 is 0 Å². The zero-order chi connectivity index (χ0) is 12.8. The highest BCUT2D eigenvalue weighted by molar-refractivity contribution is 7.91. The Hall–Kier alpha value is -1.87. The lowest BCUT2D eigenvalue weighted by molar-refractivity contribution is 0.599. The molecule has 2 rings (SSSR count). The fourth-order valence-corrected chi connectivity index (χ4v) is 2.71. The molecule has 0 heterocycles. The van der Waals surface area contributed by atoms with Crippen LogP contribution in [0.5, 0.6) is 0 Å². The van der Waals surface area contributed by atoms with Gasteiger partial charge in [0.2, 0.25) is 0 Å². The van der Waals surface area contributed by atoms with Gasteiger partial charge in [0.1, 0.15) is 0 Å². The second-order valence-electron chi connectivity index (χ2n) is 3.91. The van der Waals surface area contributed by atoms with E-state index in [4.69, 9.17) is 0 Å². The van der Waals surface area contributed by atoms with Crippen molar-refractivity contribution in [3.05, 3.63) is 72.3 Å². The molecule has 0 aliphatic carbocycles. The van der Waals surface area contributed by atoms with Gasteiger partial charge in [-0.15, -0.1) is 0 Å². The van der Waals surface area contributed by atoms with Gasteiger partial charge in [0.25, 0.3) is 0 Å². The molecule has 0 atom stereocenters. The first-order valence-corrected chi connectivity index (χ1v) is 7.33. The Labute approximate surface area is 108 Å². The summed E-state index contributed by atoms with van der Waals surface area (Å²) in [5.41, 5.74) is 1.00. The van der Waals surface area contributed by atoms with Crippen LogP contribution < -0.4 is 0 Å². The van der Waals surface area contributed by atoms with E-state index < -0.39 is 9.84 Å². The van der Waals surface area contributed by atoms with Crippen LogP contribution in [-0.2, 0) is 9.84 Å². The van der Waals surface area contributed by atoms with E-state index in [9.17, 15) is 8.42 Å². The van der Waals surface area contributed by atoms with Gasteiger partial charge in [-0.25, -0.2) is 8.42 Å². The Bertz CT molecular complexity index is 614. The van der Waals surface area contributed by atoms with Crippen molar-refractivity contribution in [1.29, 1.82) is 0 Å². The van der Waals surface area contributed by atoms with Gasteiger partial charge in [0.05, 0.1) is 10.6 Å². The predicted molar refractivity (Wildman–Crippen MR) is 74.0 cm³/mol. The monoisotopic (exact) mass is 258 g/mol. The summed E-state index contributed by atoms with van der Waals surface area (Å²) in [7, 11) is -3.22. The van der Waals surface area contributed by atoms with Gasteiger partial charge in [0, 0.05) is 0 Å². The highest BCUT2D eigenvalue weighted by Gasteiger charge is 2.10. The van der Waals surface area contributed by atoms with Crippen LogP contribution in [0.15, 0.2) is 71.6 Å². The third-order valence-corrected chi connectivity index (χ3v) is 4.15. The molecule has 2 nitrogen and oxygen atoms in total. The van der Waals surface area contributed by atoms with E-state index in [0.717, 1.165) is 5.56 Å². The Morgan fingerprint density at radius 2 is 1.39 bits per heavy atom. The highest BCUT2D eigenvalue weighted by Crippen LogP contribution is 2.11. The maximum absolute atomic E-state index is 12.0. The summed E-state index contributed by atoms with van der Waals surface area (Å²) in [6.07, 6.45) is 3.50. The lowest BCUT2D eigenvalue weighted by Gasteiger charge is -2.00. The van der Waals surface area contributed by atoms with Crippen LogP contribution in [0, 0.1) is 0 Å². The molecule has 0 saturated carbocycles. The van der Waals surface area contributed by atoms with Crippen LogP contribution in [0.1, 0.15) is 5.56 Å². The molecule has 0 saturated heterocycles. The first-order valence-electron chi connectivity index (χ1n) is 5.68. The van der Waals surface area contributed by atoms with E-state index in [0.29, 0.717) is 4.90 Å². The summed E-state index contributed by atoms with van der Waals surface area (Å²) in [4.78, 5) is 0.364. The Balaban J connectivity index is 2.09. The van der Waals surface area contributed by atoms with Crippen molar-refractivity contribution in [2.45, 2.75) is 4.90 Å². The molecule has 0 aromatic heterocycles. The van der Waals surface area contributed by atoms with Crippen molar-refractivity contribution in [3.63, 3.8) is 0 Å². The third-order valence-electron chi connectivity index (χ3n) is 2.53. The molecule has 0 bridgehead atoms. The first-order chi connectivity index (χ1) is 8.68. The smallest absolute Gasteiger partial charge is 0.181 e. The lowest BCUT2D eigenvalue weighted by atomic mass is 10.2. The molecule has 92 valence electrons. The number of hydrogen-bond acceptors (Lipinski definition) is 2. The molecule has 0 aliphatic heterocycles. The highest BCUT2D eigenvalue weighted by atomic mass is 32.2. The molecule has 0 N–H and O–H groups in total. The summed E-state index contributed by atoms with van der Waals surface area (Å²) in [5, 5.41) is 0. The maximum Gasteiger partial charge on any atom is 0.181 e. The van der Waals surface area contributed by atoms with Crippen molar-refractivity contribution in [2.24, 2.45) is 0 Å². The summed E-state index contributed by atoms with van der Waals surface area (Å²) >= 11 is 0. The molecule has 0 spiro atoms. The van der Waals surface area contributed by atoms with Gasteiger partial charge in [-0.2, -0.15) is 0 Å². The van der Waals surface area contributed by atoms with Crippen molar-refractivity contribution >= 4 is 15.9 Å². The fourth-order valence-electron chi connectivity index (χ4n) is 1.60. The normalized spacial score (nSPS) is 11.8. The Morgan fingerprint density at radius 3 is 2.00 bits per heavy atom. The molecule has 18 heavy (non-hydrogen) atoms. The van der Waals surface area contributed by atoms with Crippen LogP contribution in [-0.4, -0.2) is 14.2 Å². The van der Waals surface area contributed by atoms with Crippen LogP contribution in [0.25, 0.3) is 6.08 Å². The summed E-state index contributed by atoms with van der Waals surface area (Å²) in [6, 6.07) is 18.1. The van der Waals surface area contributed by atoms with Crippen LogP contribution in [0.2, 0.25) is 0 Å². The Morgan fingerprint density at radius 1 is 0.833 bits per heavy atom. The van der Waals surface area contributed by atoms with Gasteiger partial charge in [-0.05, 0) is 17.7 Å². The van der Waals surface area contributed by atoms with E-state index in [1.807, 2.05) is 36.4 Å². The lowest BCUT2D eigenvalue weighted by Crippen LogP contribution is -2.04. The van der Waals surface area contributed by atoms with Gasteiger partial charge >= 0.3 is 0 Å². The van der Waals surface area contributed by atoms with Crippen molar-refractivity contribution < 1.29 is 8.42 Å². The SMILES string of the molecule is O=S(=O)(C/C=C/c1ccccc1)c1ccccc1. The van der Waals surface area contributed by atoms with Crippen molar-refractivity contribution in [2.75, 3.05) is 5.75 Å². The van der Waals surface area contributed by atoms with Gasteiger partial charge < -0.3 is 0 Å². The van der Waals surface area contributed by atoms with E-state index in [1.54, 1.807) is 36.4 Å². The number of hydrogen-bond donors (Lipinski definition) is 0. The van der Waals surface area contributed by atoms with Gasteiger partial charge in [-0.3, -0.25) is 0 Å². The number of benzene rings is 2. The molecule has 0 fully saturated rings. The maximum atomic E-state index is 12.0. The molecule has 3 heteroatoms. The van der Waals surface area contributed by atoms with Crippen molar-refractivity contribution in [1.82, 2.24) is 0 Å². The molecular weight excluding hydrogens is 244 g/mol. The molecule has 0 radical (unpaired) electrons. The average Bonchev–Trinajstić information content (AvgIpc) is 2.41. The zero-order valence-electron chi connectivity index (χ0n) is 9.86. The van der Waals surface area contributed by atoms with Gasteiger partial charge in [-0.1, -0.05) is 60.7 Å². The number of rotatable bonds is 4. The second-order valence-corrected chi connectivity index (χ2v) is 5.94. The molecule has 2 aromatic rings. The summed E-state index contributed by atoms with van der Waals surface area (Å²) in [6.45, 7) is 0. The Kier molecular flexibility index (Phi) is 3.95. The van der Waals surface area contributed by atoms with Crippen LogP contribution in [0.3, 0.4) is 0 Å². The third kappa shape index (κ3) is 3.31. The van der Waals surface area contributed by atoms with E-state index in [2.05, 4.69) is 0 Å². The molecule has 0 unspecified atom stereocenters. The average molecular weight is 258 g/mol. The fraction of sp³-hybridized carbons (Fsp3) is 0.0667. The minimum atomic E-state index is -3.22. The minimum absolute atomic E-state index is 0.0197. The largest absolute Gasteiger partial charge is 0.223 e. The second kappa shape index (κ2) is 5.65. The molecular formula is C15H14O2S. The van der Waals surface area contributed by atoms with Gasteiger partial charge in [0.15, 0.2) is 9.84 Å². The first kappa shape index (κ1) is 12.6. The topological polar surface area (TPSA) is 34.1 Å². The van der Waals surface area contributed by atoms with E-state index in [1.165, 1.54) is 0 Å². The summed E-state index contributed by atoms with van der Waals surface area (Å²) < 4.78 is 23.9. The quantitative estimate of drug-likeness (QED) is 0.844. The van der Waals surface area contributed by atoms with Crippen LogP contribution in [0.4, 0.5) is 0 Å². The molecule has 2 aromatic carbocycles. The van der Waals surface area contributed by atoms with Crippen LogP contribution >= 0.6 is 0 Å². The van der Waals surface area contributed by atoms with Crippen molar-refractivity contribution in [3.8, 4) is 0 Å². The molecule has 0 aliphatic rings. The minimum Gasteiger partial charge on any atom is -0.223 e.